The molecule has 2 aliphatic carbocycles. The number of nitrogens with one attached hydrogen (secondary N) is 1. The van der Waals surface area contributed by atoms with Crippen molar-refractivity contribution in [1.82, 2.24) is 5.32 Å². The van der Waals surface area contributed by atoms with Gasteiger partial charge in [-0.2, -0.15) is 0 Å². The van der Waals surface area contributed by atoms with E-state index in [-0.39, 0.29) is 0 Å². The SMILES string of the molecule is Cc1cccc(C2CC(C)CCC2CNC2CC2)c1. The third-order valence-corrected chi connectivity index (χ3v) is 4.97. The predicted molar refractivity (Wildman–Crippen MR) is 81.4 cm³/mol. The minimum atomic E-state index is 0.773. The Hall–Kier alpha value is -0.820. The quantitative estimate of drug-likeness (QED) is 0.849. The maximum absolute atomic E-state index is 3.76. The van der Waals surface area contributed by atoms with Gasteiger partial charge in [0.1, 0.15) is 0 Å². The summed E-state index contributed by atoms with van der Waals surface area (Å²) in [4.78, 5) is 0. The van der Waals surface area contributed by atoms with Gasteiger partial charge in [0, 0.05) is 6.04 Å². The first-order valence-corrected chi connectivity index (χ1v) is 8.02. The van der Waals surface area contributed by atoms with Crippen molar-refractivity contribution in [2.75, 3.05) is 6.54 Å². The predicted octanol–water partition coefficient (Wildman–Crippen LogP) is 4.27. The van der Waals surface area contributed by atoms with Crippen molar-refractivity contribution in [3.8, 4) is 0 Å². The molecule has 2 fully saturated rings. The first kappa shape index (κ1) is 13.2. The Bertz CT molecular complexity index is 421. The van der Waals surface area contributed by atoms with Gasteiger partial charge in [0.25, 0.3) is 0 Å². The lowest BCUT2D eigenvalue weighted by molar-refractivity contribution is 0.241. The van der Waals surface area contributed by atoms with E-state index in [0.29, 0.717) is 0 Å². The molecule has 1 aromatic carbocycles. The van der Waals surface area contributed by atoms with Crippen molar-refractivity contribution in [2.45, 2.75) is 57.9 Å². The second kappa shape index (κ2) is 5.66. The fourth-order valence-corrected chi connectivity index (χ4v) is 3.60. The van der Waals surface area contributed by atoms with Gasteiger partial charge in [0.2, 0.25) is 0 Å². The summed E-state index contributed by atoms with van der Waals surface area (Å²) < 4.78 is 0. The molecule has 0 aliphatic heterocycles. The molecule has 3 atom stereocenters. The van der Waals surface area contributed by atoms with E-state index >= 15 is 0 Å². The monoisotopic (exact) mass is 257 g/mol. The second-order valence-corrected chi connectivity index (χ2v) is 6.88. The minimum absolute atomic E-state index is 0.773. The topological polar surface area (TPSA) is 12.0 Å². The molecule has 1 nitrogen and oxygen atoms in total. The number of benzene rings is 1. The molecule has 19 heavy (non-hydrogen) atoms. The fraction of sp³-hybridized carbons (Fsp3) is 0.667. The average molecular weight is 257 g/mol. The Balaban J connectivity index is 1.72. The highest BCUT2D eigenvalue weighted by molar-refractivity contribution is 5.26. The highest BCUT2D eigenvalue weighted by atomic mass is 14.9. The van der Waals surface area contributed by atoms with Crippen molar-refractivity contribution < 1.29 is 0 Å². The normalized spacial score (nSPS) is 31.4. The van der Waals surface area contributed by atoms with E-state index < -0.39 is 0 Å². The zero-order valence-electron chi connectivity index (χ0n) is 12.4. The lowest BCUT2D eigenvalue weighted by Gasteiger charge is -2.35. The van der Waals surface area contributed by atoms with Crippen LogP contribution in [0.2, 0.25) is 0 Å². The van der Waals surface area contributed by atoms with Crippen molar-refractivity contribution in [3.05, 3.63) is 35.4 Å². The van der Waals surface area contributed by atoms with Gasteiger partial charge in [-0.3, -0.25) is 0 Å². The zero-order chi connectivity index (χ0) is 13.2. The molecular weight excluding hydrogens is 230 g/mol. The van der Waals surface area contributed by atoms with Crippen LogP contribution in [0.5, 0.6) is 0 Å². The minimum Gasteiger partial charge on any atom is -0.314 e. The van der Waals surface area contributed by atoms with Crippen molar-refractivity contribution in [1.29, 1.82) is 0 Å². The average Bonchev–Trinajstić information content (AvgIpc) is 3.21. The molecule has 0 spiro atoms. The van der Waals surface area contributed by atoms with Crippen LogP contribution in [0.4, 0.5) is 0 Å². The summed E-state index contributed by atoms with van der Waals surface area (Å²) in [6.07, 6.45) is 7.00. The van der Waals surface area contributed by atoms with Gasteiger partial charge in [-0.25, -0.2) is 0 Å². The van der Waals surface area contributed by atoms with E-state index in [4.69, 9.17) is 0 Å². The highest BCUT2D eigenvalue weighted by Crippen LogP contribution is 2.40. The summed E-state index contributed by atoms with van der Waals surface area (Å²) in [5, 5.41) is 3.76. The molecule has 1 aromatic rings. The van der Waals surface area contributed by atoms with Gasteiger partial charge < -0.3 is 5.32 Å². The first-order chi connectivity index (χ1) is 9.22. The molecule has 1 N–H and O–H groups in total. The first-order valence-electron chi connectivity index (χ1n) is 8.02. The van der Waals surface area contributed by atoms with Crippen LogP contribution in [0.25, 0.3) is 0 Å². The molecule has 2 aliphatic rings. The Morgan fingerprint density at radius 1 is 1.16 bits per heavy atom. The van der Waals surface area contributed by atoms with Crippen LogP contribution in [0.1, 0.15) is 56.1 Å². The maximum Gasteiger partial charge on any atom is 0.00683 e. The molecule has 1 heteroatoms. The Labute approximate surface area is 117 Å². The molecule has 2 saturated carbocycles. The Kier molecular flexibility index (Phi) is 3.93. The van der Waals surface area contributed by atoms with Crippen molar-refractivity contribution in [3.63, 3.8) is 0 Å². The van der Waals surface area contributed by atoms with Gasteiger partial charge in [0.05, 0.1) is 0 Å². The largest absolute Gasteiger partial charge is 0.314 e. The summed E-state index contributed by atoms with van der Waals surface area (Å²) in [7, 11) is 0. The summed E-state index contributed by atoms with van der Waals surface area (Å²) in [5.74, 6) is 2.51. The molecule has 3 unspecified atom stereocenters. The van der Waals surface area contributed by atoms with Crippen LogP contribution in [-0.4, -0.2) is 12.6 Å². The number of hydrogen-bond donors (Lipinski definition) is 1. The zero-order valence-corrected chi connectivity index (χ0v) is 12.4. The number of rotatable bonds is 4. The van der Waals surface area contributed by atoms with Gasteiger partial charge in [-0.1, -0.05) is 43.2 Å². The second-order valence-electron chi connectivity index (χ2n) is 6.88. The fourth-order valence-electron chi connectivity index (χ4n) is 3.60. The van der Waals surface area contributed by atoms with Crippen LogP contribution < -0.4 is 5.32 Å². The maximum atomic E-state index is 3.76. The summed E-state index contributed by atoms with van der Waals surface area (Å²) in [5.41, 5.74) is 2.98. The molecular formula is C18H27N. The standard InChI is InChI=1S/C18H27N/c1-13-4-3-5-15(10-13)18-11-14(2)6-7-16(18)12-19-17-8-9-17/h3-5,10,14,16-19H,6-9,11-12H2,1-2H3. The Morgan fingerprint density at radius 2 is 2.00 bits per heavy atom. The van der Waals surface area contributed by atoms with E-state index in [1.807, 2.05) is 0 Å². The molecule has 0 radical (unpaired) electrons. The van der Waals surface area contributed by atoms with Crippen LogP contribution in [0.3, 0.4) is 0 Å². The van der Waals surface area contributed by atoms with Gasteiger partial charge >= 0.3 is 0 Å². The molecule has 3 rings (SSSR count). The van der Waals surface area contributed by atoms with Crippen LogP contribution in [0.15, 0.2) is 24.3 Å². The third kappa shape index (κ3) is 3.39. The van der Waals surface area contributed by atoms with E-state index in [2.05, 4.69) is 43.4 Å². The van der Waals surface area contributed by atoms with Crippen molar-refractivity contribution in [2.24, 2.45) is 11.8 Å². The lowest BCUT2D eigenvalue weighted by atomic mass is 9.71. The number of aryl methyl sites for hydroxylation is 1. The van der Waals surface area contributed by atoms with Crippen molar-refractivity contribution >= 4 is 0 Å². The molecule has 0 saturated heterocycles. The third-order valence-electron chi connectivity index (χ3n) is 4.97. The van der Waals surface area contributed by atoms with Crippen LogP contribution in [0, 0.1) is 18.8 Å². The Morgan fingerprint density at radius 3 is 2.74 bits per heavy atom. The molecule has 0 bridgehead atoms. The number of hydrogen-bond acceptors (Lipinski definition) is 1. The highest BCUT2D eigenvalue weighted by Gasteiger charge is 2.31. The summed E-state index contributed by atoms with van der Waals surface area (Å²) >= 11 is 0. The van der Waals surface area contributed by atoms with Crippen LogP contribution in [-0.2, 0) is 0 Å². The lowest BCUT2D eigenvalue weighted by Crippen LogP contribution is -2.32. The van der Waals surface area contributed by atoms with Gasteiger partial charge in [0.15, 0.2) is 0 Å². The van der Waals surface area contributed by atoms with E-state index in [1.54, 1.807) is 5.56 Å². The van der Waals surface area contributed by atoms with E-state index in [9.17, 15) is 0 Å². The smallest absolute Gasteiger partial charge is 0.00683 e. The molecule has 0 heterocycles. The summed E-state index contributed by atoms with van der Waals surface area (Å²) in [6, 6.07) is 10.0. The van der Waals surface area contributed by atoms with E-state index in [0.717, 1.165) is 23.8 Å². The molecule has 104 valence electrons. The van der Waals surface area contributed by atoms with Gasteiger partial charge in [-0.05, 0) is 62.5 Å². The van der Waals surface area contributed by atoms with E-state index in [1.165, 1.54) is 44.2 Å². The molecule has 0 aromatic heterocycles. The van der Waals surface area contributed by atoms with Gasteiger partial charge in [-0.15, -0.1) is 0 Å². The molecule has 0 amide bonds. The summed E-state index contributed by atoms with van der Waals surface area (Å²) in [6.45, 7) is 5.87. The van der Waals surface area contributed by atoms with Crippen LogP contribution >= 0.6 is 0 Å².